The average molecular weight is 408 g/mol. The van der Waals surface area contributed by atoms with Gasteiger partial charge in [-0.15, -0.1) is 0 Å². The third kappa shape index (κ3) is 7.29. The Kier molecular flexibility index (Phi) is 7.87. The van der Waals surface area contributed by atoms with Crippen LogP contribution >= 0.6 is 0 Å². The molecule has 0 aliphatic carbocycles. The molecule has 1 heterocycles. The maximum Gasteiger partial charge on any atom is 1.00 e. The summed E-state index contributed by atoms with van der Waals surface area (Å²) in [5.41, 5.74) is 5.14. The van der Waals surface area contributed by atoms with Crippen molar-refractivity contribution in [3.63, 3.8) is 0 Å². The topological polar surface area (TPSA) is 28.7 Å². The van der Waals surface area contributed by atoms with Gasteiger partial charge in [-0.3, -0.25) is 0 Å². The summed E-state index contributed by atoms with van der Waals surface area (Å²) in [5, 5.41) is 1.14. The number of anilines is 1. The van der Waals surface area contributed by atoms with Gasteiger partial charge in [-0.25, -0.2) is 4.99 Å². The molecule has 0 spiro atoms. The maximum atomic E-state index is 9.75. The summed E-state index contributed by atoms with van der Waals surface area (Å²) in [6, 6.07) is 18.7. The first kappa shape index (κ1) is 22.5. The largest absolute Gasteiger partial charge is 1.00 e. The molecule has 0 aliphatic heterocycles. The first-order valence-corrected chi connectivity index (χ1v) is 9.42. The van der Waals surface area contributed by atoms with Gasteiger partial charge in [0.15, 0.2) is 0 Å². The molecule has 29 heavy (non-hydrogen) atoms. The van der Waals surface area contributed by atoms with E-state index in [1.165, 1.54) is 16.8 Å². The second-order valence-electron chi connectivity index (χ2n) is 6.42. The smallest absolute Gasteiger partial charge is 0.439 e. The van der Waals surface area contributed by atoms with Gasteiger partial charge in [0.1, 0.15) is 5.58 Å². The summed E-state index contributed by atoms with van der Waals surface area (Å²) in [4.78, 5) is 6.94. The quantitative estimate of drug-likeness (QED) is 0.377. The maximum absolute atomic E-state index is 9.75. The zero-order valence-electron chi connectivity index (χ0n) is 17.7. The predicted molar refractivity (Wildman–Crippen MR) is 112 cm³/mol. The zero-order chi connectivity index (χ0) is 21.4. The molecule has 0 bridgehead atoms. The van der Waals surface area contributed by atoms with Crippen LogP contribution < -0.4 is 10.5 Å². The highest BCUT2D eigenvalue weighted by Gasteiger charge is 2.20. The molecule has 3 nitrogen and oxygen atoms in total. The van der Waals surface area contributed by atoms with Gasteiger partial charge in [-0.05, 0) is 44.0 Å². The fourth-order valence-corrected chi connectivity index (χ4v) is 2.94. The van der Waals surface area contributed by atoms with Crippen molar-refractivity contribution in [2.45, 2.75) is 27.3 Å². The van der Waals surface area contributed by atoms with Crippen molar-refractivity contribution in [3.05, 3.63) is 71.3 Å². The van der Waals surface area contributed by atoms with E-state index in [0.717, 1.165) is 24.1 Å². The third-order valence-corrected chi connectivity index (χ3v) is 4.33. The van der Waals surface area contributed by atoms with Gasteiger partial charge < -0.3 is 26.6 Å². The van der Waals surface area contributed by atoms with Crippen molar-refractivity contribution in [1.29, 1.82) is 0 Å². The predicted octanol–water partition coefficient (Wildman–Crippen LogP) is 6.10. The van der Waals surface area contributed by atoms with Crippen LogP contribution in [0.25, 0.3) is 11.0 Å². The van der Waals surface area contributed by atoms with E-state index in [9.17, 15) is 17.3 Å². The van der Waals surface area contributed by atoms with Gasteiger partial charge in [0, 0.05) is 36.3 Å². The molecular weight excluding hydrogens is 383 g/mol. The van der Waals surface area contributed by atoms with Crippen LogP contribution in [0.15, 0.2) is 64.0 Å². The van der Waals surface area contributed by atoms with Gasteiger partial charge in [0.25, 0.3) is 0 Å². The number of hydrogen-bond donors (Lipinski definition) is 0. The van der Waals surface area contributed by atoms with Gasteiger partial charge in [0.2, 0.25) is 5.55 Å². The Morgan fingerprint density at radius 1 is 0.966 bits per heavy atom. The minimum absolute atomic E-state index is 0. The summed E-state index contributed by atoms with van der Waals surface area (Å²) in [5.74, 6) is 0. The molecule has 3 rings (SSSR count). The molecule has 0 unspecified atom stereocenters. The molecule has 0 aliphatic rings. The van der Waals surface area contributed by atoms with Crippen LogP contribution in [0, 0.1) is 6.92 Å². The van der Waals surface area contributed by atoms with Crippen molar-refractivity contribution in [1.82, 2.24) is 0 Å². The molecule has 0 N–H and O–H groups in total. The van der Waals surface area contributed by atoms with E-state index in [1.807, 2.05) is 24.3 Å². The summed E-state index contributed by atoms with van der Waals surface area (Å²) < 4.78 is 45.1. The van der Waals surface area contributed by atoms with E-state index in [0.29, 0.717) is 12.1 Å². The number of rotatable bonds is 5. The van der Waals surface area contributed by atoms with Crippen LogP contribution in [0.3, 0.4) is 0 Å². The van der Waals surface area contributed by atoms with Crippen LogP contribution in [-0.2, 0) is 6.54 Å². The lowest BCUT2D eigenvalue weighted by molar-refractivity contribution is 0.368. The van der Waals surface area contributed by atoms with Crippen molar-refractivity contribution < 1.29 is 23.1 Å². The molecule has 2 aromatic carbocycles. The lowest BCUT2D eigenvalue weighted by Gasteiger charge is -2.21. The van der Waals surface area contributed by atoms with Crippen molar-refractivity contribution in [2.24, 2.45) is 4.99 Å². The molecule has 0 saturated carbocycles. The summed E-state index contributed by atoms with van der Waals surface area (Å²) in [6.45, 7) is 9.04. The average Bonchev–Trinajstić information content (AvgIpc) is 2.67. The second kappa shape index (κ2) is 10.1. The number of aryl methyl sites for hydroxylation is 1. The van der Waals surface area contributed by atoms with Crippen LogP contribution in [0.1, 0.15) is 26.4 Å². The first-order valence-electron chi connectivity index (χ1n) is 9.42. The number of hydrogen-bond acceptors (Lipinski definition) is 3. The van der Waals surface area contributed by atoms with E-state index >= 15 is 0 Å². The Hall–Kier alpha value is -2.77. The standard InChI is InChI=1S/C21H24N2O.BF4/c1-4-23(5-2)18-11-12-19-16(3)13-21(24-20(19)14-18)22-15-17-9-7-6-8-10-17;2-1(3,4)5/h6-14H,4-5,15H2,1-3H3;/q;-1/p+1. The van der Waals surface area contributed by atoms with E-state index in [2.05, 4.69) is 61.0 Å². The molecule has 0 radical (unpaired) electrons. The van der Waals surface area contributed by atoms with Crippen LogP contribution in [0.5, 0.6) is 0 Å². The number of halogens is 4. The third-order valence-electron chi connectivity index (χ3n) is 4.33. The van der Waals surface area contributed by atoms with E-state index < -0.39 is 7.25 Å². The molecule has 0 saturated heterocycles. The highest BCUT2D eigenvalue weighted by molar-refractivity contribution is 6.50. The molecule has 156 valence electrons. The fourth-order valence-electron chi connectivity index (χ4n) is 2.94. The monoisotopic (exact) mass is 408 g/mol. The summed E-state index contributed by atoms with van der Waals surface area (Å²) in [6.07, 6.45) is 0. The van der Waals surface area contributed by atoms with E-state index in [1.54, 1.807) is 0 Å². The van der Waals surface area contributed by atoms with Crippen molar-refractivity contribution >= 4 is 23.9 Å². The van der Waals surface area contributed by atoms with Crippen molar-refractivity contribution in [2.75, 3.05) is 18.0 Å². The Balaban J connectivity index is 0.000000674. The number of fused-ring (bicyclic) bond motifs is 1. The Morgan fingerprint density at radius 2 is 1.59 bits per heavy atom. The van der Waals surface area contributed by atoms with Gasteiger partial charge >= 0.3 is 8.68 Å². The minimum atomic E-state index is -6.00. The molecule has 3 aromatic rings. The SMILES string of the molecule is CCN(CC)c1ccc2c(C)cc(=NCc3ccccc3)oc2c1.F[B-](F)(F)F.[H+]. The lowest BCUT2D eigenvalue weighted by atomic mass is 10.1. The number of nitrogens with zero attached hydrogens (tertiary/aromatic N) is 2. The van der Waals surface area contributed by atoms with Crippen molar-refractivity contribution in [3.8, 4) is 0 Å². The molecule has 1 aromatic heterocycles. The van der Waals surface area contributed by atoms with Crippen LogP contribution in [0.4, 0.5) is 23.0 Å². The molecule has 8 heteroatoms. The summed E-state index contributed by atoms with van der Waals surface area (Å²) >= 11 is 0. The fraction of sp³-hybridized carbons (Fsp3) is 0.286. The van der Waals surface area contributed by atoms with Gasteiger partial charge in [-0.1, -0.05) is 30.3 Å². The van der Waals surface area contributed by atoms with E-state index in [-0.39, 0.29) is 1.43 Å². The first-order chi connectivity index (χ1) is 13.7. The Bertz CT molecular complexity index is 984. The normalized spacial score (nSPS) is 11.9. The highest BCUT2D eigenvalue weighted by Crippen LogP contribution is 2.23. The minimum Gasteiger partial charge on any atom is -0.439 e. The van der Waals surface area contributed by atoms with E-state index in [4.69, 9.17) is 4.42 Å². The lowest BCUT2D eigenvalue weighted by Crippen LogP contribution is -2.21. The van der Waals surface area contributed by atoms with Gasteiger partial charge in [0.05, 0.1) is 6.54 Å². The molecule has 0 atom stereocenters. The summed E-state index contributed by atoms with van der Waals surface area (Å²) in [7, 11) is -6.00. The van der Waals surface area contributed by atoms with Crippen LogP contribution in [-0.4, -0.2) is 20.3 Å². The molecular formula is C21H25BF4N2O. The second-order valence-corrected chi connectivity index (χ2v) is 6.42. The van der Waals surface area contributed by atoms with Gasteiger partial charge in [-0.2, -0.15) is 0 Å². The highest BCUT2D eigenvalue weighted by atomic mass is 19.5. The Morgan fingerprint density at radius 3 is 2.17 bits per heavy atom. The van der Waals surface area contributed by atoms with Crippen LogP contribution in [0.2, 0.25) is 0 Å². The molecule has 0 fully saturated rings. The Labute approximate surface area is 169 Å². The zero-order valence-corrected chi connectivity index (χ0v) is 16.7. The molecule has 0 amide bonds. The number of benzene rings is 2.